The van der Waals surface area contributed by atoms with Crippen LogP contribution < -0.4 is 5.32 Å². The highest BCUT2D eigenvalue weighted by Gasteiger charge is 2.22. The number of piperidine rings is 1. The number of carboxylic acid groups (broad SMARTS) is 1. The van der Waals surface area contributed by atoms with Gasteiger partial charge in [0.2, 0.25) is 0 Å². The summed E-state index contributed by atoms with van der Waals surface area (Å²) in [5, 5.41) is 36.0. The fourth-order valence-corrected chi connectivity index (χ4v) is 1.58. The molecule has 1 aliphatic rings. The summed E-state index contributed by atoms with van der Waals surface area (Å²) < 4.78 is 4.90. The lowest BCUT2D eigenvalue weighted by Gasteiger charge is -2.20. The minimum absolute atomic E-state index is 0.0419. The Morgan fingerprint density at radius 2 is 2.05 bits per heavy atom. The van der Waals surface area contributed by atoms with Gasteiger partial charge in [-0.15, -0.1) is 0 Å². The molecule has 0 aromatic heterocycles. The van der Waals surface area contributed by atoms with E-state index in [1.807, 2.05) is 6.92 Å². The average Bonchev–Trinajstić information content (AvgIpc) is 2.47. The molecule has 3 atom stereocenters. The van der Waals surface area contributed by atoms with E-state index >= 15 is 0 Å². The lowest BCUT2D eigenvalue weighted by molar-refractivity contribution is -0.154. The fraction of sp³-hybridized carbons (Fsp3) is 0.833. The highest BCUT2D eigenvalue weighted by atomic mass is 16.5. The number of hydrogen-bond acceptors (Lipinski definition) is 7. The Morgan fingerprint density at radius 1 is 1.40 bits per heavy atom. The maximum absolute atomic E-state index is 11.1. The van der Waals surface area contributed by atoms with Crippen LogP contribution in [0.2, 0.25) is 0 Å². The van der Waals surface area contributed by atoms with E-state index in [0.717, 1.165) is 25.9 Å². The standard InChI is InChI=1S/C8H15NO2.C4H8O5/c1-2-11-8(10)7-4-3-5-9-6-7;5-1-2(6)3(7)4(8)9/h7,9H,2-6H2,1H3;2-3,5-7H,1H2,(H,8,9)/t7-;2-,3+/m01/s1. The zero-order valence-corrected chi connectivity index (χ0v) is 11.5. The van der Waals surface area contributed by atoms with E-state index in [4.69, 9.17) is 25.2 Å². The van der Waals surface area contributed by atoms with Crippen molar-refractivity contribution in [2.75, 3.05) is 26.3 Å². The first kappa shape index (κ1) is 18.8. The molecule has 0 amide bonds. The summed E-state index contributed by atoms with van der Waals surface area (Å²) in [6, 6.07) is 0. The highest BCUT2D eigenvalue weighted by Crippen LogP contribution is 2.11. The molecule has 118 valence electrons. The van der Waals surface area contributed by atoms with E-state index < -0.39 is 24.8 Å². The predicted molar refractivity (Wildman–Crippen MR) is 69.0 cm³/mol. The largest absolute Gasteiger partial charge is 0.479 e. The van der Waals surface area contributed by atoms with E-state index in [9.17, 15) is 9.59 Å². The average molecular weight is 293 g/mol. The zero-order valence-electron chi connectivity index (χ0n) is 11.5. The summed E-state index contributed by atoms with van der Waals surface area (Å²) in [5.41, 5.74) is 0. The van der Waals surface area contributed by atoms with Gasteiger partial charge < -0.3 is 30.5 Å². The fourth-order valence-electron chi connectivity index (χ4n) is 1.58. The molecule has 5 N–H and O–H groups in total. The van der Waals surface area contributed by atoms with Crippen LogP contribution in [0.3, 0.4) is 0 Å². The summed E-state index contributed by atoms with van der Waals surface area (Å²) in [4.78, 5) is 20.9. The Hall–Kier alpha value is -1.22. The van der Waals surface area contributed by atoms with Gasteiger partial charge in [0.15, 0.2) is 6.10 Å². The molecular weight excluding hydrogens is 270 g/mol. The number of hydrogen-bond donors (Lipinski definition) is 5. The number of aliphatic carboxylic acids is 1. The van der Waals surface area contributed by atoms with E-state index in [2.05, 4.69) is 5.32 Å². The Kier molecular flexibility index (Phi) is 9.91. The van der Waals surface area contributed by atoms with E-state index in [1.165, 1.54) is 0 Å². The number of carbonyl (C=O) groups is 2. The number of ether oxygens (including phenoxy) is 1. The van der Waals surface area contributed by atoms with Crippen molar-refractivity contribution in [3.8, 4) is 0 Å². The van der Waals surface area contributed by atoms with Gasteiger partial charge >= 0.3 is 11.9 Å². The topological polar surface area (TPSA) is 136 Å². The monoisotopic (exact) mass is 293 g/mol. The van der Waals surface area contributed by atoms with Gasteiger partial charge in [0.1, 0.15) is 6.10 Å². The van der Waals surface area contributed by atoms with Crippen molar-refractivity contribution in [2.45, 2.75) is 32.0 Å². The van der Waals surface area contributed by atoms with Crippen LogP contribution in [0.1, 0.15) is 19.8 Å². The molecule has 0 aliphatic carbocycles. The Morgan fingerprint density at radius 3 is 2.40 bits per heavy atom. The number of carboxylic acids is 1. The van der Waals surface area contributed by atoms with Crippen LogP contribution in [-0.4, -0.2) is 70.9 Å². The molecule has 8 nitrogen and oxygen atoms in total. The van der Waals surface area contributed by atoms with E-state index in [0.29, 0.717) is 6.61 Å². The van der Waals surface area contributed by atoms with Crippen LogP contribution in [0, 0.1) is 5.92 Å². The van der Waals surface area contributed by atoms with Gasteiger partial charge in [-0.3, -0.25) is 4.79 Å². The molecule has 1 rings (SSSR count). The lowest BCUT2D eigenvalue weighted by Crippen LogP contribution is -2.36. The third-order valence-corrected chi connectivity index (χ3v) is 2.72. The zero-order chi connectivity index (χ0) is 15.5. The quantitative estimate of drug-likeness (QED) is 0.380. The number of nitrogens with one attached hydrogen (secondary N) is 1. The minimum atomic E-state index is -1.89. The molecule has 1 saturated heterocycles. The SMILES string of the molecule is CCOC(=O)[C@H]1CCCNC1.O=C(O)[C@@H](O)[C@H](O)CO. The number of aliphatic hydroxyl groups is 3. The maximum Gasteiger partial charge on any atom is 0.335 e. The molecule has 0 aromatic rings. The molecule has 0 unspecified atom stereocenters. The van der Waals surface area contributed by atoms with Crippen molar-refractivity contribution in [2.24, 2.45) is 5.92 Å². The van der Waals surface area contributed by atoms with Gasteiger partial charge in [-0.2, -0.15) is 0 Å². The second-order valence-corrected chi connectivity index (χ2v) is 4.33. The number of carbonyl (C=O) groups excluding carboxylic acids is 1. The van der Waals surface area contributed by atoms with E-state index in [-0.39, 0.29) is 11.9 Å². The number of rotatable bonds is 5. The molecule has 0 spiro atoms. The normalized spacial score (nSPS) is 21.1. The lowest BCUT2D eigenvalue weighted by atomic mass is 10.0. The third-order valence-electron chi connectivity index (χ3n) is 2.72. The number of esters is 1. The first-order valence-electron chi connectivity index (χ1n) is 6.51. The van der Waals surface area contributed by atoms with Crippen LogP contribution >= 0.6 is 0 Å². The molecule has 1 fully saturated rings. The molecule has 0 aromatic carbocycles. The van der Waals surface area contributed by atoms with Crippen LogP contribution in [0.25, 0.3) is 0 Å². The van der Waals surface area contributed by atoms with Crippen molar-refractivity contribution in [1.82, 2.24) is 5.32 Å². The molecule has 0 saturated carbocycles. The summed E-state index contributed by atoms with van der Waals surface area (Å²) in [6.45, 7) is 3.41. The van der Waals surface area contributed by atoms with Crippen molar-refractivity contribution in [3.63, 3.8) is 0 Å². The molecule has 0 radical (unpaired) electrons. The first-order chi connectivity index (χ1) is 9.43. The Bertz CT molecular complexity index is 292. The maximum atomic E-state index is 11.1. The van der Waals surface area contributed by atoms with Crippen molar-refractivity contribution in [3.05, 3.63) is 0 Å². The van der Waals surface area contributed by atoms with Crippen LogP contribution in [0.4, 0.5) is 0 Å². The van der Waals surface area contributed by atoms with Gasteiger partial charge in [-0.05, 0) is 26.3 Å². The van der Waals surface area contributed by atoms with Gasteiger partial charge in [-0.25, -0.2) is 4.79 Å². The van der Waals surface area contributed by atoms with E-state index in [1.54, 1.807) is 0 Å². The van der Waals surface area contributed by atoms with Gasteiger partial charge in [0.25, 0.3) is 0 Å². The molecular formula is C12H23NO7. The second-order valence-electron chi connectivity index (χ2n) is 4.33. The Labute approximate surface area is 117 Å². The van der Waals surface area contributed by atoms with Crippen molar-refractivity contribution >= 4 is 11.9 Å². The predicted octanol–water partition coefficient (Wildman–Crippen LogP) is -1.67. The minimum Gasteiger partial charge on any atom is -0.479 e. The molecule has 1 heterocycles. The van der Waals surface area contributed by atoms with Crippen molar-refractivity contribution < 1.29 is 34.8 Å². The van der Waals surface area contributed by atoms with Crippen LogP contribution in [0.15, 0.2) is 0 Å². The second kappa shape index (κ2) is 10.6. The smallest absolute Gasteiger partial charge is 0.335 e. The summed E-state index contributed by atoms with van der Waals surface area (Å²) in [5.74, 6) is -1.49. The van der Waals surface area contributed by atoms with Crippen LogP contribution in [-0.2, 0) is 14.3 Å². The summed E-state index contributed by atoms with van der Waals surface area (Å²) >= 11 is 0. The highest BCUT2D eigenvalue weighted by molar-refractivity contribution is 5.73. The molecule has 8 heteroatoms. The molecule has 20 heavy (non-hydrogen) atoms. The van der Waals surface area contributed by atoms with Gasteiger partial charge in [0.05, 0.1) is 19.1 Å². The first-order valence-corrected chi connectivity index (χ1v) is 6.51. The van der Waals surface area contributed by atoms with Gasteiger partial charge in [0, 0.05) is 6.54 Å². The summed E-state index contributed by atoms with van der Waals surface area (Å²) in [7, 11) is 0. The van der Waals surface area contributed by atoms with Gasteiger partial charge in [-0.1, -0.05) is 0 Å². The molecule has 0 bridgehead atoms. The summed E-state index contributed by atoms with van der Waals surface area (Å²) in [6.07, 6.45) is -1.42. The Balaban J connectivity index is 0.000000370. The van der Waals surface area contributed by atoms with Crippen molar-refractivity contribution in [1.29, 1.82) is 0 Å². The van der Waals surface area contributed by atoms with Crippen LogP contribution in [0.5, 0.6) is 0 Å². The third kappa shape index (κ3) is 7.39. The molecule has 1 aliphatic heterocycles. The number of aliphatic hydroxyl groups excluding tert-OH is 3.